The van der Waals surface area contributed by atoms with Crippen molar-refractivity contribution in [3.05, 3.63) is 40.0 Å². The molecule has 0 spiro atoms. The summed E-state index contributed by atoms with van der Waals surface area (Å²) in [6, 6.07) is 7.61. The molecule has 1 aromatic carbocycles. The second-order valence-electron chi connectivity index (χ2n) is 4.48. The lowest BCUT2D eigenvalue weighted by Crippen LogP contribution is -1.95. The molecular weight excluding hydrogens is 296 g/mol. The number of carboxylic acids is 1. The fourth-order valence-corrected chi connectivity index (χ4v) is 2.69. The van der Waals surface area contributed by atoms with Gasteiger partial charge in [0.25, 0.3) is 0 Å². The molecule has 0 unspecified atom stereocenters. The highest BCUT2D eigenvalue weighted by molar-refractivity contribution is 9.10. The Kier molecular flexibility index (Phi) is 2.70. The van der Waals surface area contributed by atoms with Crippen LogP contribution in [-0.2, 0) is 0 Å². The van der Waals surface area contributed by atoms with Crippen molar-refractivity contribution in [2.75, 3.05) is 0 Å². The quantitative estimate of drug-likeness (QED) is 0.913. The first kappa shape index (κ1) is 11.5. The van der Waals surface area contributed by atoms with Crippen molar-refractivity contribution in [2.24, 2.45) is 0 Å². The van der Waals surface area contributed by atoms with Crippen LogP contribution in [0.1, 0.15) is 34.8 Å². The largest absolute Gasteiger partial charge is 0.477 e. The van der Waals surface area contributed by atoms with Crippen molar-refractivity contribution in [1.29, 1.82) is 0 Å². The Bertz CT molecular complexity index is 617. The van der Waals surface area contributed by atoms with E-state index in [0.717, 1.165) is 10.0 Å². The van der Waals surface area contributed by atoms with Crippen LogP contribution in [0.25, 0.3) is 11.3 Å². The summed E-state index contributed by atoms with van der Waals surface area (Å²) in [5.41, 5.74) is 2.99. The van der Waals surface area contributed by atoms with Gasteiger partial charge in [-0.25, -0.2) is 4.79 Å². The van der Waals surface area contributed by atoms with Crippen LogP contribution in [0.4, 0.5) is 0 Å². The summed E-state index contributed by atoms with van der Waals surface area (Å²) in [6.07, 6.45) is 2.51. The lowest BCUT2D eigenvalue weighted by atomic mass is 10.1. The summed E-state index contributed by atoms with van der Waals surface area (Å²) in [7, 11) is 0. The number of carbonyl (C=O) groups is 1. The molecule has 1 saturated carbocycles. The van der Waals surface area contributed by atoms with E-state index in [9.17, 15) is 4.79 Å². The molecule has 0 bridgehead atoms. The summed E-state index contributed by atoms with van der Waals surface area (Å²) >= 11 is 3.57. The van der Waals surface area contributed by atoms with Gasteiger partial charge in [-0.05, 0) is 36.5 Å². The number of rotatable bonds is 3. The Balaban J connectivity index is 1.95. The molecule has 4 nitrogen and oxygen atoms in total. The van der Waals surface area contributed by atoms with E-state index in [1.807, 2.05) is 12.1 Å². The van der Waals surface area contributed by atoms with Gasteiger partial charge in [-0.2, -0.15) is 5.10 Å². The topological polar surface area (TPSA) is 66.0 Å². The molecule has 0 radical (unpaired) electrons. The number of aromatic carboxylic acids is 1. The van der Waals surface area contributed by atoms with Gasteiger partial charge < -0.3 is 5.11 Å². The molecule has 3 rings (SSSR count). The predicted octanol–water partition coefficient (Wildman–Crippen LogP) is 3.41. The Morgan fingerprint density at radius 1 is 1.39 bits per heavy atom. The Morgan fingerprint density at radius 3 is 2.72 bits per heavy atom. The van der Waals surface area contributed by atoms with E-state index >= 15 is 0 Å². The van der Waals surface area contributed by atoms with E-state index in [4.69, 9.17) is 5.11 Å². The molecular formula is C13H11BrN2O2. The minimum Gasteiger partial charge on any atom is -0.477 e. The van der Waals surface area contributed by atoms with Crippen molar-refractivity contribution in [3.8, 4) is 11.3 Å². The Hall–Kier alpha value is -1.62. The number of nitrogens with zero attached hydrogens (tertiary/aromatic N) is 1. The third kappa shape index (κ3) is 2.06. The first-order chi connectivity index (χ1) is 8.65. The maximum absolute atomic E-state index is 10.8. The Labute approximate surface area is 112 Å². The van der Waals surface area contributed by atoms with Gasteiger partial charge in [0.05, 0.1) is 5.69 Å². The van der Waals surface area contributed by atoms with E-state index in [1.54, 1.807) is 6.07 Å². The van der Waals surface area contributed by atoms with Crippen molar-refractivity contribution in [3.63, 3.8) is 0 Å². The molecule has 1 aromatic heterocycles. The second-order valence-corrected chi connectivity index (χ2v) is 5.34. The molecule has 0 atom stereocenters. The van der Waals surface area contributed by atoms with E-state index in [-0.39, 0.29) is 5.69 Å². The van der Waals surface area contributed by atoms with Crippen LogP contribution < -0.4 is 0 Å². The SMILES string of the molecule is O=C(O)c1cc(-c2ccc(C3CC3)c(Br)c2)n[nH]1. The van der Waals surface area contributed by atoms with Gasteiger partial charge in [0.2, 0.25) is 0 Å². The molecule has 2 N–H and O–H groups in total. The monoisotopic (exact) mass is 306 g/mol. The van der Waals surface area contributed by atoms with E-state index in [0.29, 0.717) is 11.6 Å². The predicted molar refractivity (Wildman–Crippen MR) is 70.7 cm³/mol. The number of benzene rings is 1. The molecule has 18 heavy (non-hydrogen) atoms. The van der Waals surface area contributed by atoms with Gasteiger partial charge in [0.1, 0.15) is 5.69 Å². The number of aromatic nitrogens is 2. The highest BCUT2D eigenvalue weighted by atomic mass is 79.9. The van der Waals surface area contributed by atoms with Crippen LogP contribution in [-0.4, -0.2) is 21.3 Å². The van der Waals surface area contributed by atoms with Crippen LogP contribution in [0.5, 0.6) is 0 Å². The number of halogens is 1. The molecule has 1 aliphatic rings. The number of H-pyrrole nitrogens is 1. The fourth-order valence-electron chi connectivity index (χ4n) is 1.99. The number of nitrogens with one attached hydrogen (secondary N) is 1. The highest BCUT2D eigenvalue weighted by Crippen LogP contribution is 2.44. The zero-order chi connectivity index (χ0) is 12.7. The van der Waals surface area contributed by atoms with Crippen LogP contribution >= 0.6 is 15.9 Å². The molecule has 0 saturated heterocycles. The molecule has 0 amide bonds. The van der Waals surface area contributed by atoms with E-state index in [1.165, 1.54) is 18.4 Å². The van der Waals surface area contributed by atoms with Crippen molar-refractivity contribution in [2.45, 2.75) is 18.8 Å². The number of carboxylic acid groups (broad SMARTS) is 1. The third-order valence-electron chi connectivity index (χ3n) is 3.12. The zero-order valence-electron chi connectivity index (χ0n) is 9.48. The molecule has 92 valence electrons. The highest BCUT2D eigenvalue weighted by Gasteiger charge is 2.25. The zero-order valence-corrected chi connectivity index (χ0v) is 11.1. The van der Waals surface area contributed by atoms with Gasteiger partial charge in [-0.3, -0.25) is 5.10 Å². The molecule has 2 aromatic rings. The third-order valence-corrected chi connectivity index (χ3v) is 3.81. The second kappa shape index (κ2) is 4.24. The average Bonchev–Trinajstić information content (AvgIpc) is 3.05. The normalized spacial score (nSPS) is 14.7. The summed E-state index contributed by atoms with van der Waals surface area (Å²) < 4.78 is 1.07. The standard InChI is InChI=1S/C13H11BrN2O2/c14-10-5-8(3-4-9(10)7-1-2-7)11-6-12(13(17)18)16-15-11/h3-7H,1-2H2,(H,15,16)(H,17,18). The van der Waals surface area contributed by atoms with Gasteiger partial charge in [0.15, 0.2) is 0 Å². The van der Waals surface area contributed by atoms with Crippen LogP contribution in [0.2, 0.25) is 0 Å². The molecule has 1 fully saturated rings. The minimum absolute atomic E-state index is 0.104. The van der Waals surface area contributed by atoms with Gasteiger partial charge in [-0.1, -0.05) is 28.1 Å². The molecule has 5 heteroatoms. The van der Waals surface area contributed by atoms with Crippen LogP contribution in [0.15, 0.2) is 28.7 Å². The van der Waals surface area contributed by atoms with Crippen molar-refractivity contribution >= 4 is 21.9 Å². The number of aromatic amines is 1. The summed E-state index contributed by atoms with van der Waals surface area (Å²) in [5, 5.41) is 15.4. The maximum Gasteiger partial charge on any atom is 0.353 e. The number of hydrogen-bond acceptors (Lipinski definition) is 2. The minimum atomic E-state index is -0.998. The summed E-state index contributed by atoms with van der Waals surface area (Å²) in [5.74, 6) is -0.315. The van der Waals surface area contributed by atoms with Crippen LogP contribution in [0.3, 0.4) is 0 Å². The molecule has 1 aliphatic carbocycles. The first-order valence-electron chi connectivity index (χ1n) is 5.73. The first-order valence-corrected chi connectivity index (χ1v) is 6.53. The van der Waals surface area contributed by atoms with Crippen molar-refractivity contribution in [1.82, 2.24) is 10.2 Å². The summed E-state index contributed by atoms with van der Waals surface area (Å²) in [6.45, 7) is 0. The van der Waals surface area contributed by atoms with E-state index in [2.05, 4.69) is 32.2 Å². The van der Waals surface area contributed by atoms with Crippen molar-refractivity contribution < 1.29 is 9.90 Å². The van der Waals surface area contributed by atoms with E-state index < -0.39 is 5.97 Å². The van der Waals surface area contributed by atoms with Gasteiger partial charge in [-0.15, -0.1) is 0 Å². The molecule has 0 aliphatic heterocycles. The average molecular weight is 307 g/mol. The number of hydrogen-bond donors (Lipinski definition) is 2. The summed E-state index contributed by atoms with van der Waals surface area (Å²) in [4.78, 5) is 10.8. The van der Waals surface area contributed by atoms with Gasteiger partial charge >= 0.3 is 5.97 Å². The maximum atomic E-state index is 10.8. The molecule has 1 heterocycles. The lowest BCUT2D eigenvalue weighted by Gasteiger charge is -2.04. The smallest absolute Gasteiger partial charge is 0.353 e. The fraction of sp³-hybridized carbons (Fsp3) is 0.231. The lowest BCUT2D eigenvalue weighted by molar-refractivity contribution is 0.0690. The van der Waals surface area contributed by atoms with Gasteiger partial charge in [0, 0.05) is 10.0 Å². The van der Waals surface area contributed by atoms with Crippen LogP contribution in [0, 0.1) is 0 Å². The Morgan fingerprint density at radius 2 is 2.17 bits per heavy atom.